The van der Waals surface area contributed by atoms with E-state index in [1.54, 1.807) is 0 Å². The quantitative estimate of drug-likeness (QED) is 0.929. The Balaban J connectivity index is 1.43. The molecule has 25 heavy (non-hydrogen) atoms. The van der Waals surface area contributed by atoms with Crippen molar-refractivity contribution in [2.75, 3.05) is 26.3 Å². The summed E-state index contributed by atoms with van der Waals surface area (Å²) >= 11 is 0. The van der Waals surface area contributed by atoms with E-state index in [4.69, 9.17) is 15.2 Å². The van der Waals surface area contributed by atoms with Gasteiger partial charge >= 0.3 is 0 Å². The molecule has 2 atom stereocenters. The summed E-state index contributed by atoms with van der Waals surface area (Å²) in [6.07, 6.45) is 0.352. The van der Waals surface area contributed by atoms with E-state index in [9.17, 15) is 4.79 Å². The molecular weight excluding hydrogens is 316 g/mol. The Labute approximate surface area is 147 Å². The maximum absolute atomic E-state index is 12.7. The zero-order valence-corrected chi connectivity index (χ0v) is 14.1. The number of fused-ring (bicyclic) bond motifs is 1. The van der Waals surface area contributed by atoms with E-state index < -0.39 is 0 Å². The number of carbonyl (C=O) groups excluding carboxylic acids is 1. The number of hydrogen-bond acceptors (Lipinski definition) is 4. The first-order valence-electron chi connectivity index (χ1n) is 8.67. The van der Waals surface area contributed by atoms with Crippen LogP contribution >= 0.6 is 0 Å². The van der Waals surface area contributed by atoms with Crippen LogP contribution in [0.3, 0.4) is 0 Å². The standard InChI is InChI=1S/C20H22N2O3/c21-17-13-22(12-16(17)15-4-2-1-3-5-15)20(23)11-14-6-7-18-19(10-14)25-9-8-24-18/h1-7,10,16-17H,8-9,11-13,21H2/t16-,17+/m0/s1. The minimum atomic E-state index is -0.0217. The Hall–Kier alpha value is -2.53. The van der Waals surface area contributed by atoms with E-state index >= 15 is 0 Å². The van der Waals surface area contributed by atoms with Crippen LogP contribution in [0.4, 0.5) is 0 Å². The number of nitrogens with two attached hydrogens (primary N) is 1. The van der Waals surface area contributed by atoms with Crippen molar-refractivity contribution in [1.82, 2.24) is 4.90 Å². The predicted octanol–water partition coefficient (Wildman–Crippen LogP) is 1.95. The van der Waals surface area contributed by atoms with Crippen LogP contribution in [0.5, 0.6) is 11.5 Å². The van der Waals surface area contributed by atoms with E-state index in [0.29, 0.717) is 32.7 Å². The van der Waals surface area contributed by atoms with Gasteiger partial charge in [0.05, 0.1) is 6.42 Å². The molecule has 0 radical (unpaired) electrons. The Morgan fingerprint density at radius 1 is 1.04 bits per heavy atom. The van der Waals surface area contributed by atoms with Gasteiger partial charge in [-0.3, -0.25) is 4.79 Å². The SMILES string of the molecule is N[C@@H]1CN(C(=O)Cc2ccc3c(c2)OCCO3)C[C@H]1c1ccccc1. The topological polar surface area (TPSA) is 64.8 Å². The summed E-state index contributed by atoms with van der Waals surface area (Å²) in [5, 5.41) is 0. The smallest absolute Gasteiger partial charge is 0.227 e. The monoisotopic (exact) mass is 338 g/mol. The van der Waals surface area contributed by atoms with Crippen LogP contribution in [0, 0.1) is 0 Å². The van der Waals surface area contributed by atoms with Crippen molar-refractivity contribution >= 4 is 5.91 Å². The molecule has 0 aliphatic carbocycles. The number of nitrogens with zero attached hydrogens (tertiary/aromatic N) is 1. The second kappa shape index (κ2) is 6.76. The Morgan fingerprint density at radius 3 is 2.60 bits per heavy atom. The van der Waals surface area contributed by atoms with Crippen LogP contribution in [-0.2, 0) is 11.2 Å². The third-order valence-electron chi connectivity index (χ3n) is 4.91. The van der Waals surface area contributed by atoms with Gasteiger partial charge in [0.1, 0.15) is 13.2 Å². The molecule has 5 heteroatoms. The Kier molecular flexibility index (Phi) is 4.32. The normalized spacial score (nSPS) is 22.0. The summed E-state index contributed by atoms with van der Waals surface area (Å²) in [4.78, 5) is 14.6. The summed E-state index contributed by atoms with van der Waals surface area (Å²) in [6, 6.07) is 15.9. The van der Waals surface area contributed by atoms with Crippen LogP contribution in [-0.4, -0.2) is 43.2 Å². The molecule has 1 saturated heterocycles. The fourth-order valence-electron chi connectivity index (χ4n) is 3.57. The zero-order chi connectivity index (χ0) is 17.2. The molecule has 0 spiro atoms. The lowest BCUT2D eigenvalue weighted by Crippen LogP contribution is -2.33. The van der Waals surface area contributed by atoms with Gasteiger partial charge in [-0.1, -0.05) is 36.4 Å². The fraction of sp³-hybridized carbons (Fsp3) is 0.350. The van der Waals surface area contributed by atoms with E-state index in [-0.39, 0.29) is 17.9 Å². The summed E-state index contributed by atoms with van der Waals surface area (Å²) < 4.78 is 11.1. The van der Waals surface area contributed by atoms with Crippen LogP contribution in [0.2, 0.25) is 0 Å². The van der Waals surface area contributed by atoms with Gasteiger partial charge in [0, 0.05) is 25.0 Å². The molecule has 2 heterocycles. The molecule has 0 aromatic heterocycles. The van der Waals surface area contributed by atoms with Crippen LogP contribution < -0.4 is 15.2 Å². The molecule has 130 valence electrons. The lowest BCUT2D eigenvalue weighted by atomic mass is 9.95. The third kappa shape index (κ3) is 3.33. The minimum absolute atomic E-state index is 0.0217. The second-order valence-corrected chi connectivity index (χ2v) is 6.63. The van der Waals surface area contributed by atoms with Crippen molar-refractivity contribution in [2.24, 2.45) is 5.73 Å². The highest BCUT2D eigenvalue weighted by molar-refractivity contribution is 5.79. The molecule has 1 amide bonds. The Bertz CT molecular complexity index is 763. The average Bonchev–Trinajstić information content (AvgIpc) is 3.04. The van der Waals surface area contributed by atoms with Crippen molar-refractivity contribution in [3.05, 3.63) is 59.7 Å². The highest BCUT2D eigenvalue weighted by atomic mass is 16.6. The highest BCUT2D eigenvalue weighted by Gasteiger charge is 2.33. The molecule has 2 N–H and O–H groups in total. The lowest BCUT2D eigenvalue weighted by Gasteiger charge is -2.20. The van der Waals surface area contributed by atoms with Gasteiger partial charge in [-0.05, 0) is 23.3 Å². The average molecular weight is 338 g/mol. The second-order valence-electron chi connectivity index (χ2n) is 6.63. The van der Waals surface area contributed by atoms with Gasteiger partial charge in [-0.15, -0.1) is 0 Å². The van der Waals surface area contributed by atoms with Gasteiger partial charge in [-0.25, -0.2) is 0 Å². The molecular formula is C20H22N2O3. The molecule has 2 aliphatic rings. The maximum atomic E-state index is 12.7. The first-order valence-corrected chi connectivity index (χ1v) is 8.67. The minimum Gasteiger partial charge on any atom is -0.486 e. The van der Waals surface area contributed by atoms with Gasteiger partial charge < -0.3 is 20.1 Å². The summed E-state index contributed by atoms with van der Waals surface area (Å²) in [5.74, 6) is 1.77. The number of benzene rings is 2. The zero-order valence-electron chi connectivity index (χ0n) is 14.1. The number of likely N-dealkylation sites (tertiary alicyclic amines) is 1. The number of amides is 1. The van der Waals surface area contributed by atoms with Crippen LogP contribution in [0.25, 0.3) is 0 Å². The molecule has 5 nitrogen and oxygen atoms in total. The highest BCUT2D eigenvalue weighted by Crippen LogP contribution is 2.31. The summed E-state index contributed by atoms with van der Waals surface area (Å²) in [6.45, 7) is 2.39. The molecule has 2 aliphatic heterocycles. The molecule has 1 fully saturated rings. The van der Waals surface area contributed by atoms with Crippen molar-refractivity contribution < 1.29 is 14.3 Å². The van der Waals surface area contributed by atoms with Crippen LogP contribution in [0.1, 0.15) is 17.0 Å². The van der Waals surface area contributed by atoms with Crippen molar-refractivity contribution in [3.63, 3.8) is 0 Å². The molecule has 4 rings (SSSR count). The number of ether oxygens (including phenoxy) is 2. The number of carbonyl (C=O) groups is 1. The number of hydrogen-bond donors (Lipinski definition) is 1. The van der Waals surface area contributed by atoms with Gasteiger partial charge in [0.2, 0.25) is 5.91 Å². The Morgan fingerprint density at radius 2 is 1.80 bits per heavy atom. The van der Waals surface area contributed by atoms with Crippen molar-refractivity contribution in [1.29, 1.82) is 0 Å². The van der Waals surface area contributed by atoms with E-state index in [1.165, 1.54) is 5.56 Å². The molecule has 2 aromatic carbocycles. The van der Waals surface area contributed by atoms with Crippen molar-refractivity contribution in [3.8, 4) is 11.5 Å². The van der Waals surface area contributed by atoms with E-state index in [1.807, 2.05) is 41.3 Å². The molecule has 0 saturated carbocycles. The molecule has 0 bridgehead atoms. The molecule has 2 aromatic rings. The fourth-order valence-corrected chi connectivity index (χ4v) is 3.57. The van der Waals surface area contributed by atoms with Gasteiger partial charge in [0.15, 0.2) is 11.5 Å². The molecule has 0 unspecified atom stereocenters. The van der Waals surface area contributed by atoms with E-state index in [0.717, 1.165) is 17.1 Å². The third-order valence-corrected chi connectivity index (χ3v) is 4.91. The summed E-state index contributed by atoms with van der Waals surface area (Å²) in [7, 11) is 0. The van der Waals surface area contributed by atoms with Gasteiger partial charge in [-0.2, -0.15) is 0 Å². The predicted molar refractivity (Wildman–Crippen MR) is 94.9 cm³/mol. The van der Waals surface area contributed by atoms with E-state index in [2.05, 4.69) is 12.1 Å². The first kappa shape index (κ1) is 16.0. The largest absolute Gasteiger partial charge is 0.486 e. The first-order chi connectivity index (χ1) is 12.2. The van der Waals surface area contributed by atoms with Gasteiger partial charge in [0.25, 0.3) is 0 Å². The summed E-state index contributed by atoms with van der Waals surface area (Å²) in [5.41, 5.74) is 8.43. The lowest BCUT2D eigenvalue weighted by molar-refractivity contribution is -0.129. The maximum Gasteiger partial charge on any atom is 0.227 e. The number of rotatable bonds is 3. The van der Waals surface area contributed by atoms with Crippen molar-refractivity contribution in [2.45, 2.75) is 18.4 Å². The van der Waals surface area contributed by atoms with Crippen LogP contribution in [0.15, 0.2) is 48.5 Å².